The number of carbonyl (C=O) groups is 2. The molecule has 0 unspecified atom stereocenters. The van der Waals surface area contributed by atoms with Crippen LogP contribution in [-0.4, -0.2) is 17.4 Å². The van der Waals surface area contributed by atoms with Crippen molar-refractivity contribution in [3.8, 4) is 0 Å². The normalized spacial score (nSPS) is 24.2. The zero-order valence-electron chi connectivity index (χ0n) is 15.8. The third-order valence-electron chi connectivity index (χ3n) is 5.60. The third-order valence-corrected chi connectivity index (χ3v) is 5.60. The maximum absolute atomic E-state index is 13.2. The van der Waals surface area contributed by atoms with Crippen molar-refractivity contribution in [1.82, 2.24) is 10.6 Å². The first-order chi connectivity index (χ1) is 11.7. The molecule has 2 amide bonds. The summed E-state index contributed by atoms with van der Waals surface area (Å²) >= 11 is 0. The van der Waals surface area contributed by atoms with Crippen molar-refractivity contribution in [1.29, 1.82) is 0 Å². The minimum absolute atomic E-state index is 0.0464. The Morgan fingerprint density at radius 3 is 2.52 bits per heavy atom. The Kier molecular flexibility index (Phi) is 4.69. The average Bonchev–Trinajstić information content (AvgIpc) is 2.86. The zero-order valence-corrected chi connectivity index (χ0v) is 15.8. The van der Waals surface area contributed by atoms with Crippen LogP contribution in [0.2, 0.25) is 0 Å². The van der Waals surface area contributed by atoms with Crippen molar-refractivity contribution in [2.75, 3.05) is 0 Å². The van der Waals surface area contributed by atoms with Gasteiger partial charge in [-0.05, 0) is 37.7 Å². The Bertz CT molecular complexity index is 668. The number of amides is 2. The first kappa shape index (κ1) is 18.0. The maximum Gasteiger partial charge on any atom is 0.246 e. The van der Waals surface area contributed by atoms with Crippen LogP contribution in [0.3, 0.4) is 0 Å². The van der Waals surface area contributed by atoms with Crippen LogP contribution in [0, 0.1) is 12.3 Å². The smallest absolute Gasteiger partial charge is 0.246 e. The predicted molar refractivity (Wildman–Crippen MR) is 96.1 cm³/mol. The number of rotatable bonds is 3. The fraction of sp³-hybridized carbons (Fsp3) is 0.700. The van der Waals surface area contributed by atoms with E-state index in [1.807, 2.05) is 13.0 Å². The number of furan rings is 1. The first-order valence-electron chi connectivity index (χ1n) is 9.40. The minimum Gasteiger partial charge on any atom is -0.466 e. The summed E-state index contributed by atoms with van der Waals surface area (Å²) < 4.78 is 5.87. The van der Waals surface area contributed by atoms with E-state index in [1.54, 1.807) is 0 Å². The molecule has 0 aromatic carbocycles. The molecule has 1 saturated carbocycles. The van der Waals surface area contributed by atoms with Crippen molar-refractivity contribution >= 4 is 11.8 Å². The van der Waals surface area contributed by atoms with E-state index in [9.17, 15) is 9.59 Å². The first-order valence-corrected chi connectivity index (χ1v) is 9.40. The van der Waals surface area contributed by atoms with E-state index in [0.29, 0.717) is 12.8 Å². The van der Waals surface area contributed by atoms with Gasteiger partial charge in [0.25, 0.3) is 0 Å². The van der Waals surface area contributed by atoms with Gasteiger partial charge in [0.1, 0.15) is 17.1 Å². The van der Waals surface area contributed by atoms with Crippen molar-refractivity contribution < 1.29 is 14.0 Å². The lowest BCUT2D eigenvalue weighted by molar-refractivity contribution is -0.135. The van der Waals surface area contributed by atoms with E-state index in [2.05, 4.69) is 24.5 Å². The van der Waals surface area contributed by atoms with Gasteiger partial charge in [0.2, 0.25) is 11.8 Å². The van der Waals surface area contributed by atoms with Crippen molar-refractivity contribution in [3.05, 3.63) is 23.2 Å². The summed E-state index contributed by atoms with van der Waals surface area (Å²) in [6, 6.07) is 1.98. The summed E-state index contributed by atoms with van der Waals surface area (Å²) in [5.74, 6) is 1.68. The van der Waals surface area contributed by atoms with E-state index in [-0.39, 0.29) is 23.3 Å². The highest BCUT2D eigenvalue weighted by Gasteiger charge is 2.43. The van der Waals surface area contributed by atoms with Gasteiger partial charge < -0.3 is 15.1 Å². The Hall–Kier alpha value is -1.78. The molecule has 138 valence electrons. The van der Waals surface area contributed by atoms with Gasteiger partial charge in [-0.1, -0.05) is 33.1 Å². The summed E-state index contributed by atoms with van der Waals surface area (Å²) in [6.07, 6.45) is 6.26. The molecule has 0 radical (unpaired) electrons. The number of fused-ring (bicyclic) bond motifs is 1. The van der Waals surface area contributed by atoms with Gasteiger partial charge in [-0.15, -0.1) is 0 Å². The molecule has 0 saturated heterocycles. The minimum atomic E-state index is -0.759. The van der Waals surface area contributed by atoms with Crippen LogP contribution < -0.4 is 10.6 Å². The van der Waals surface area contributed by atoms with Crippen LogP contribution in [-0.2, 0) is 16.0 Å². The van der Waals surface area contributed by atoms with E-state index >= 15 is 0 Å². The largest absolute Gasteiger partial charge is 0.466 e. The quantitative estimate of drug-likeness (QED) is 0.879. The van der Waals surface area contributed by atoms with E-state index < -0.39 is 5.54 Å². The summed E-state index contributed by atoms with van der Waals surface area (Å²) in [7, 11) is 0. The summed E-state index contributed by atoms with van der Waals surface area (Å²) in [5, 5.41) is 6.21. The highest BCUT2D eigenvalue weighted by Crippen LogP contribution is 2.42. The highest BCUT2D eigenvalue weighted by atomic mass is 16.3. The number of hydrogen-bond acceptors (Lipinski definition) is 3. The topological polar surface area (TPSA) is 71.3 Å². The SMILES string of the molecule is CC(=O)NC1(C(=O)N[C@@H]2CC(C)(C)Cc3oc(C)cc32)CCCCC1. The lowest BCUT2D eigenvalue weighted by Gasteiger charge is -2.40. The van der Waals surface area contributed by atoms with E-state index in [1.165, 1.54) is 6.92 Å². The lowest BCUT2D eigenvalue weighted by Crippen LogP contribution is -2.60. The molecule has 1 heterocycles. The standard InChI is InChI=1S/C20H30N2O3/c1-13-10-15-16(11-19(3,4)12-17(15)25-13)21-18(24)20(22-14(2)23)8-6-5-7-9-20/h10,16H,5-9,11-12H2,1-4H3,(H,21,24)(H,22,23)/t16-/m1/s1. The molecular weight excluding hydrogens is 316 g/mol. The van der Waals surface area contributed by atoms with Crippen LogP contribution in [0.4, 0.5) is 0 Å². The molecule has 0 spiro atoms. The molecule has 0 aliphatic heterocycles. The molecule has 25 heavy (non-hydrogen) atoms. The molecule has 1 atom stereocenters. The summed E-state index contributed by atoms with van der Waals surface area (Å²) in [4.78, 5) is 24.9. The van der Waals surface area contributed by atoms with Gasteiger partial charge in [0.15, 0.2) is 0 Å². The van der Waals surface area contributed by atoms with Gasteiger partial charge in [-0.2, -0.15) is 0 Å². The molecule has 2 N–H and O–H groups in total. The molecule has 5 nitrogen and oxygen atoms in total. The highest BCUT2D eigenvalue weighted by molar-refractivity contribution is 5.91. The van der Waals surface area contributed by atoms with Crippen molar-refractivity contribution in [2.45, 2.75) is 84.2 Å². The van der Waals surface area contributed by atoms with Gasteiger partial charge >= 0.3 is 0 Å². The molecule has 1 fully saturated rings. The van der Waals surface area contributed by atoms with Crippen LogP contribution in [0.15, 0.2) is 10.5 Å². The molecule has 1 aromatic heterocycles. The molecule has 1 aromatic rings. The summed E-state index contributed by atoms with van der Waals surface area (Å²) in [5.41, 5.74) is 0.409. The van der Waals surface area contributed by atoms with Crippen molar-refractivity contribution in [2.24, 2.45) is 5.41 Å². The number of carbonyl (C=O) groups excluding carboxylic acids is 2. The number of hydrogen-bond donors (Lipinski definition) is 2. The van der Waals surface area contributed by atoms with E-state index in [4.69, 9.17) is 4.42 Å². The molecule has 3 rings (SSSR count). The predicted octanol–water partition coefficient (Wildman–Crippen LogP) is 3.56. The fourth-order valence-corrected chi connectivity index (χ4v) is 4.51. The van der Waals surface area contributed by atoms with Crippen LogP contribution >= 0.6 is 0 Å². The third kappa shape index (κ3) is 3.75. The van der Waals surface area contributed by atoms with Crippen LogP contribution in [0.5, 0.6) is 0 Å². The molecule has 2 aliphatic carbocycles. The zero-order chi connectivity index (χ0) is 18.2. The van der Waals surface area contributed by atoms with Gasteiger partial charge in [0, 0.05) is 18.9 Å². The molecule has 2 aliphatic rings. The van der Waals surface area contributed by atoms with Crippen LogP contribution in [0.1, 0.15) is 82.4 Å². The molecule has 5 heteroatoms. The number of aryl methyl sites for hydroxylation is 1. The molecular formula is C20H30N2O3. The van der Waals surface area contributed by atoms with E-state index in [0.717, 1.165) is 49.2 Å². The van der Waals surface area contributed by atoms with Crippen LogP contribution in [0.25, 0.3) is 0 Å². The van der Waals surface area contributed by atoms with Crippen molar-refractivity contribution in [3.63, 3.8) is 0 Å². The Balaban J connectivity index is 1.84. The second-order valence-corrected chi connectivity index (χ2v) is 8.63. The van der Waals surface area contributed by atoms with Gasteiger partial charge in [-0.3, -0.25) is 9.59 Å². The van der Waals surface area contributed by atoms with Gasteiger partial charge in [0.05, 0.1) is 6.04 Å². The molecule has 0 bridgehead atoms. The van der Waals surface area contributed by atoms with Gasteiger partial charge in [-0.25, -0.2) is 0 Å². The second kappa shape index (κ2) is 6.50. The Labute approximate surface area is 149 Å². The fourth-order valence-electron chi connectivity index (χ4n) is 4.51. The Morgan fingerprint density at radius 2 is 1.88 bits per heavy atom. The monoisotopic (exact) mass is 346 g/mol. The Morgan fingerprint density at radius 1 is 1.20 bits per heavy atom. The maximum atomic E-state index is 13.2. The number of nitrogens with one attached hydrogen (secondary N) is 2. The average molecular weight is 346 g/mol. The lowest BCUT2D eigenvalue weighted by atomic mass is 9.74. The second-order valence-electron chi connectivity index (χ2n) is 8.63. The summed E-state index contributed by atoms with van der Waals surface area (Å²) in [6.45, 7) is 7.85.